The first-order chi connectivity index (χ1) is 11.9. The predicted molar refractivity (Wildman–Crippen MR) is 94.1 cm³/mol. The van der Waals surface area contributed by atoms with Crippen LogP contribution < -0.4 is 5.32 Å². The van der Waals surface area contributed by atoms with E-state index in [1.165, 1.54) is 24.3 Å². The monoisotopic (exact) mass is 361 g/mol. The Morgan fingerprint density at radius 1 is 1.00 bits per heavy atom. The Kier molecular flexibility index (Phi) is 6.37. The molecular formula is C17H19N3O4S. The van der Waals surface area contributed by atoms with Crippen LogP contribution in [0.25, 0.3) is 0 Å². The van der Waals surface area contributed by atoms with Gasteiger partial charge in [0.25, 0.3) is 16.0 Å². The van der Waals surface area contributed by atoms with E-state index in [9.17, 15) is 13.2 Å². The average Bonchev–Trinajstić information content (AvgIpc) is 2.60. The van der Waals surface area contributed by atoms with Crippen LogP contribution in [-0.4, -0.2) is 25.4 Å². The Hall–Kier alpha value is -2.58. The van der Waals surface area contributed by atoms with E-state index in [1.807, 2.05) is 0 Å². The Balaban J connectivity index is 2.01. The molecule has 2 aromatic rings. The second kappa shape index (κ2) is 8.50. The first-order valence-corrected chi connectivity index (χ1v) is 9.21. The van der Waals surface area contributed by atoms with Gasteiger partial charge in [0.1, 0.15) is 0 Å². The molecule has 0 heterocycles. The standard InChI is InChI=1S/C17H19N3O4S/c1-2-3-12-18-17(21)13-4-6-14(7-5-13)19-20-15-8-10-16(11-9-15)25(22,23)24/h4-11H,2-3,12H2,1H3,(H,18,21)(H,22,23,24)/b20-19+. The van der Waals surface area contributed by atoms with Crippen molar-refractivity contribution in [3.63, 3.8) is 0 Å². The van der Waals surface area contributed by atoms with Crippen molar-refractivity contribution in [2.45, 2.75) is 24.7 Å². The lowest BCUT2D eigenvalue weighted by atomic mass is 10.2. The summed E-state index contributed by atoms with van der Waals surface area (Å²) in [6.45, 7) is 2.71. The van der Waals surface area contributed by atoms with Crippen LogP contribution >= 0.6 is 0 Å². The topological polar surface area (TPSA) is 108 Å². The molecule has 132 valence electrons. The third kappa shape index (κ3) is 5.77. The van der Waals surface area contributed by atoms with E-state index in [0.29, 0.717) is 23.5 Å². The normalized spacial score (nSPS) is 11.6. The van der Waals surface area contributed by atoms with Crippen LogP contribution in [0.2, 0.25) is 0 Å². The van der Waals surface area contributed by atoms with Gasteiger partial charge >= 0.3 is 0 Å². The molecular weight excluding hydrogens is 342 g/mol. The molecule has 25 heavy (non-hydrogen) atoms. The number of carbonyl (C=O) groups excluding carboxylic acids is 1. The van der Waals surface area contributed by atoms with Gasteiger partial charge in [0.2, 0.25) is 0 Å². The van der Waals surface area contributed by atoms with Crippen LogP contribution in [0.15, 0.2) is 63.7 Å². The molecule has 2 aromatic carbocycles. The third-order valence-corrected chi connectivity index (χ3v) is 4.23. The summed E-state index contributed by atoms with van der Waals surface area (Å²) in [7, 11) is -4.22. The van der Waals surface area contributed by atoms with E-state index in [-0.39, 0.29) is 10.8 Å². The summed E-state index contributed by atoms with van der Waals surface area (Å²) >= 11 is 0. The number of amides is 1. The first kappa shape index (κ1) is 18.8. The number of benzene rings is 2. The van der Waals surface area contributed by atoms with Crippen molar-refractivity contribution in [2.24, 2.45) is 10.2 Å². The highest BCUT2D eigenvalue weighted by Gasteiger charge is 2.08. The number of hydrogen-bond acceptors (Lipinski definition) is 5. The van der Waals surface area contributed by atoms with Gasteiger partial charge < -0.3 is 5.32 Å². The lowest BCUT2D eigenvalue weighted by molar-refractivity contribution is 0.0953. The van der Waals surface area contributed by atoms with Crippen molar-refractivity contribution in [1.29, 1.82) is 0 Å². The molecule has 0 spiro atoms. The quantitative estimate of drug-likeness (QED) is 0.443. The molecule has 0 aliphatic rings. The Morgan fingerprint density at radius 3 is 2.00 bits per heavy atom. The van der Waals surface area contributed by atoms with Crippen molar-refractivity contribution in [3.8, 4) is 0 Å². The summed E-state index contributed by atoms with van der Waals surface area (Å²) in [5.74, 6) is -0.127. The van der Waals surface area contributed by atoms with Crippen molar-refractivity contribution >= 4 is 27.4 Å². The van der Waals surface area contributed by atoms with Crippen molar-refractivity contribution in [3.05, 3.63) is 54.1 Å². The number of unbranched alkanes of at least 4 members (excludes halogenated alkanes) is 1. The fourth-order valence-electron chi connectivity index (χ4n) is 1.96. The molecule has 0 saturated carbocycles. The molecule has 0 saturated heterocycles. The molecule has 0 aromatic heterocycles. The number of azo groups is 1. The van der Waals surface area contributed by atoms with Crippen LogP contribution in [0, 0.1) is 0 Å². The molecule has 2 N–H and O–H groups in total. The summed E-state index contributed by atoms with van der Waals surface area (Å²) in [4.78, 5) is 11.7. The highest BCUT2D eigenvalue weighted by atomic mass is 32.2. The van der Waals surface area contributed by atoms with Crippen LogP contribution in [0.3, 0.4) is 0 Å². The predicted octanol–water partition coefficient (Wildman–Crippen LogP) is 3.88. The third-order valence-electron chi connectivity index (χ3n) is 3.36. The van der Waals surface area contributed by atoms with Crippen molar-refractivity contribution in [1.82, 2.24) is 5.32 Å². The molecule has 0 radical (unpaired) electrons. The molecule has 8 heteroatoms. The van der Waals surface area contributed by atoms with Crippen molar-refractivity contribution in [2.75, 3.05) is 6.54 Å². The van der Waals surface area contributed by atoms with Crippen LogP contribution in [0.5, 0.6) is 0 Å². The van der Waals surface area contributed by atoms with E-state index in [4.69, 9.17) is 4.55 Å². The molecule has 0 aliphatic carbocycles. The molecule has 7 nitrogen and oxygen atoms in total. The van der Waals surface area contributed by atoms with Gasteiger partial charge in [-0.2, -0.15) is 18.6 Å². The fourth-order valence-corrected chi connectivity index (χ4v) is 2.44. The van der Waals surface area contributed by atoms with E-state index in [1.54, 1.807) is 24.3 Å². The minimum Gasteiger partial charge on any atom is -0.352 e. The van der Waals surface area contributed by atoms with Gasteiger partial charge in [-0.1, -0.05) is 13.3 Å². The molecule has 0 atom stereocenters. The first-order valence-electron chi connectivity index (χ1n) is 7.77. The van der Waals surface area contributed by atoms with Crippen LogP contribution in [0.4, 0.5) is 11.4 Å². The SMILES string of the molecule is CCCCNC(=O)c1ccc(/N=N/c2ccc(S(=O)(=O)O)cc2)cc1. The summed E-state index contributed by atoms with van der Waals surface area (Å²) < 4.78 is 30.8. The van der Waals surface area contributed by atoms with Gasteiger partial charge in [-0.15, -0.1) is 0 Å². The van der Waals surface area contributed by atoms with Crippen LogP contribution in [-0.2, 0) is 10.1 Å². The minimum absolute atomic E-state index is 0.127. The Labute approximate surface area is 146 Å². The second-order valence-corrected chi connectivity index (χ2v) is 6.75. The van der Waals surface area contributed by atoms with Gasteiger partial charge in [0.15, 0.2) is 0 Å². The molecule has 0 aliphatic heterocycles. The maximum atomic E-state index is 11.9. The molecule has 1 amide bonds. The van der Waals surface area contributed by atoms with Gasteiger partial charge in [-0.05, 0) is 55.0 Å². The van der Waals surface area contributed by atoms with Gasteiger partial charge in [0.05, 0.1) is 16.3 Å². The van der Waals surface area contributed by atoms with E-state index < -0.39 is 10.1 Å². The molecule has 0 fully saturated rings. The van der Waals surface area contributed by atoms with E-state index in [0.717, 1.165) is 12.8 Å². The zero-order valence-electron chi connectivity index (χ0n) is 13.7. The zero-order valence-corrected chi connectivity index (χ0v) is 14.5. The lowest BCUT2D eigenvalue weighted by Gasteiger charge is -2.04. The average molecular weight is 361 g/mol. The number of nitrogens with zero attached hydrogens (tertiary/aromatic N) is 2. The van der Waals surface area contributed by atoms with E-state index in [2.05, 4.69) is 22.5 Å². The highest BCUT2D eigenvalue weighted by Crippen LogP contribution is 2.20. The van der Waals surface area contributed by atoms with Crippen LogP contribution in [0.1, 0.15) is 30.1 Å². The van der Waals surface area contributed by atoms with Gasteiger partial charge in [-0.25, -0.2) is 0 Å². The molecule has 0 unspecified atom stereocenters. The largest absolute Gasteiger partial charge is 0.352 e. The van der Waals surface area contributed by atoms with Crippen molar-refractivity contribution < 1.29 is 17.8 Å². The van der Waals surface area contributed by atoms with E-state index >= 15 is 0 Å². The van der Waals surface area contributed by atoms with Gasteiger partial charge in [-0.3, -0.25) is 9.35 Å². The smallest absolute Gasteiger partial charge is 0.294 e. The molecule has 0 bridgehead atoms. The Morgan fingerprint density at radius 2 is 1.52 bits per heavy atom. The molecule has 2 rings (SSSR count). The lowest BCUT2D eigenvalue weighted by Crippen LogP contribution is -2.24. The number of nitrogens with one attached hydrogen (secondary N) is 1. The summed E-state index contributed by atoms with van der Waals surface area (Å²) in [6, 6.07) is 12.0. The minimum atomic E-state index is -4.22. The Bertz CT molecular complexity index is 844. The summed E-state index contributed by atoms with van der Waals surface area (Å²) in [5.41, 5.74) is 1.55. The maximum Gasteiger partial charge on any atom is 0.294 e. The summed E-state index contributed by atoms with van der Waals surface area (Å²) in [5, 5.41) is 10.8. The zero-order chi connectivity index (χ0) is 18.3. The second-order valence-electron chi connectivity index (χ2n) is 5.33. The number of carbonyl (C=O) groups is 1. The summed E-state index contributed by atoms with van der Waals surface area (Å²) in [6.07, 6.45) is 1.96. The van der Waals surface area contributed by atoms with Gasteiger partial charge in [0, 0.05) is 12.1 Å². The maximum absolute atomic E-state index is 11.9. The highest BCUT2D eigenvalue weighted by molar-refractivity contribution is 7.85. The number of hydrogen-bond donors (Lipinski definition) is 2. The fraction of sp³-hybridized carbons (Fsp3) is 0.235. The number of rotatable bonds is 7.